The second kappa shape index (κ2) is 9.58. The van der Waals surface area contributed by atoms with Crippen molar-refractivity contribution in [1.29, 1.82) is 0 Å². The Balaban J connectivity index is 1.57. The van der Waals surface area contributed by atoms with Gasteiger partial charge in [-0.15, -0.1) is 0 Å². The highest BCUT2D eigenvalue weighted by atomic mass is 32.1. The van der Waals surface area contributed by atoms with E-state index in [4.69, 9.17) is 17.0 Å². The molecule has 0 spiro atoms. The van der Waals surface area contributed by atoms with E-state index in [0.717, 1.165) is 41.5 Å². The lowest BCUT2D eigenvalue weighted by molar-refractivity contribution is 0.113. The van der Waals surface area contributed by atoms with Crippen LogP contribution >= 0.6 is 12.2 Å². The van der Waals surface area contributed by atoms with Crippen molar-refractivity contribution >= 4 is 28.2 Å². The lowest BCUT2D eigenvalue weighted by Crippen LogP contribution is -2.42. The Morgan fingerprint density at radius 2 is 2.06 bits per heavy atom. The van der Waals surface area contributed by atoms with E-state index in [2.05, 4.69) is 10.3 Å². The maximum Gasteiger partial charge on any atom is 0.253 e. The standard InChI is InChI=1S/C24H26FN3O2S/c1-16-4-2-5-18-12-19(23(29)27-22(16)18)15-28(14-17-7-9-20(25)10-8-17)24(31)26-13-21-6-3-11-30-21/h2,4-5,7-10,12,21H,3,6,11,13-15H2,1H3,(H,26,31)(H,27,29)/t21-/m0/s1. The Bertz CT molecular complexity index is 1120. The van der Waals surface area contributed by atoms with E-state index in [1.54, 1.807) is 12.1 Å². The van der Waals surface area contributed by atoms with Crippen molar-refractivity contribution in [2.75, 3.05) is 13.2 Å². The van der Waals surface area contributed by atoms with Gasteiger partial charge in [0.15, 0.2) is 5.11 Å². The summed E-state index contributed by atoms with van der Waals surface area (Å²) in [5.74, 6) is -0.282. The van der Waals surface area contributed by atoms with Crippen LogP contribution in [0, 0.1) is 12.7 Å². The second-order valence-electron chi connectivity index (χ2n) is 7.97. The van der Waals surface area contributed by atoms with Gasteiger partial charge in [-0.05, 0) is 66.7 Å². The molecule has 1 atom stereocenters. The number of nitrogens with zero attached hydrogens (tertiary/aromatic N) is 1. The van der Waals surface area contributed by atoms with Gasteiger partial charge in [-0.3, -0.25) is 4.79 Å². The lowest BCUT2D eigenvalue weighted by atomic mass is 10.1. The third-order valence-corrected chi connectivity index (χ3v) is 6.01. The summed E-state index contributed by atoms with van der Waals surface area (Å²) in [6, 6.07) is 14.2. The molecule has 1 saturated heterocycles. The van der Waals surface area contributed by atoms with Crippen LogP contribution in [0.25, 0.3) is 10.9 Å². The first-order chi connectivity index (χ1) is 15.0. The fraction of sp³-hybridized carbons (Fsp3) is 0.333. The van der Waals surface area contributed by atoms with E-state index in [-0.39, 0.29) is 17.5 Å². The van der Waals surface area contributed by atoms with Crippen molar-refractivity contribution in [3.05, 3.63) is 81.4 Å². The Kier molecular flexibility index (Phi) is 6.63. The Labute approximate surface area is 186 Å². The molecular formula is C24H26FN3O2S. The third-order valence-electron chi connectivity index (χ3n) is 5.60. The normalized spacial score (nSPS) is 15.9. The molecular weight excluding hydrogens is 413 g/mol. The van der Waals surface area contributed by atoms with Gasteiger partial charge in [0.2, 0.25) is 0 Å². The van der Waals surface area contributed by atoms with Crippen LogP contribution in [0.15, 0.2) is 53.3 Å². The van der Waals surface area contributed by atoms with Gasteiger partial charge in [0, 0.05) is 25.3 Å². The van der Waals surface area contributed by atoms with Gasteiger partial charge in [0.05, 0.1) is 18.2 Å². The lowest BCUT2D eigenvalue weighted by Gasteiger charge is -2.27. The molecule has 0 radical (unpaired) electrons. The van der Waals surface area contributed by atoms with Crippen LogP contribution in [-0.2, 0) is 17.8 Å². The summed E-state index contributed by atoms with van der Waals surface area (Å²) in [7, 11) is 0. The minimum atomic E-state index is -0.282. The fourth-order valence-electron chi connectivity index (χ4n) is 3.88. The first kappa shape index (κ1) is 21.5. The maximum absolute atomic E-state index is 13.3. The van der Waals surface area contributed by atoms with Crippen molar-refractivity contribution < 1.29 is 9.13 Å². The van der Waals surface area contributed by atoms with Gasteiger partial charge in [-0.2, -0.15) is 0 Å². The van der Waals surface area contributed by atoms with Crippen molar-refractivity contribution in [2.24, 2.45) is 0 Å². The van der Waals surface area contributed by atoms with E-state index < -0.39 is 0 Å². The first-order valence-corrected chi connectivity index (χ1v) is 10.9. The number of thiocarbonyl (C=S) groups is 1. The number of pyridine rings is 1. The number of ether oxygens (including phenoxy) is 1. The number of halogens is 1. The zero-order valence-electron chi connectivity index (χ0n) is 17.5. The summed E-state index contributed by atoms with van der Waals surface area (Å²) < 4.78 is 19.0. The van der Waals surface area contributed by atoms with Gasteiger partial charge in [-0.1, -0.05) is 30.3 Å². The van der Waals surface area contributed by atoms with Crippen LogP contribution in [0.3, 0.4) is 0 Å². The Hall–Kier alpha value is -2.77. The monoisotopic (exact) mass is 439 g/mol. The molecule has 1 aromatic heterocycles. The number of hydrogen-bond donors (Lipinski definition) is 2. The fourth-order valence-corrected chi connectivity index (χ4v) is 4.09. The zero-order chi connectivity index (χ0) is 21.8. The van der Waals surface area contributed by atoms with Gasteiger partial charge in [-0.25, -0.2) is 4.39 Å². The SMILES string of the molecule is Cc1cccc2cc(CN(Cc3ccc(F)cc3)C(=S)NC[C@@H]3CCCO3)c(=O)[nH]c12. The molecule has 162 valence electrons. The first-order valence-electron chi connectivity index (χ1n) is 10.5. The summed E-state index contributed by atoms with van der Waals surface area (Å²) >= 11 is 5.67. The molecule has 5 nitrogen and oxygen atoms in total. The van der Waals surface area contributed by atoms with Crippen LogP contribution in [0.4, 0.5) is 4.39 Å². The minimum Gasteiger partial charge on any atom is -0.376 e. The van der Waals surface area contributed by atoms with Crippen molar-refractivity contribution in [2.45, 2.75) is 39.0 Å². The summed E-state index contributed by atoms with van der Waals surface area (Å²) in [6.45, 7) is 4.19. The number of hydrogen-bond acceptors (Lipinski definition) is 3. The smallest absolute Gasteiger partial charge is 0.253 e. The molecule has 0 amide bonds. The quantitative estimate of drug-likeness (QED) is 0.568. The average molecular weight is 440 g/mol. The zero-order valence-corrected chi connectivity index (χ0v) is 18.3. The van der Waals surface area contributed by atoms with Gasteiger partial charge >= 0.3 is 0 Å². The maximum atomic E-state index is 13.3. The molecule has 0 aliphatic carbocycles. The Morgan fingerprint density at radius 1 is 1.26 bits per heavy atom. The van der Waals surface area contributed by atoms with Crippen LogP contribution in [-0.4, -0.2) is 34.3 Å². The summed E-state index contributed by atoms with van der Waals surface area (Å²) in [6.07, 6.45) is 2.22. The molecule has 1 aliphatic heterocycles. The summed E-state index contributed by atoms with van der Waals surface area (Å²) in [5, 5.41) is 4.81. The van der Waals surface area contributed by atoms with E-state index in [9.17, 15) is 9.18 Å². The highest BCUT2D eigenvalue weighted by Crippen LogP contribution is 2.17. The van der Waals surface area contributed by atoms with E-state index in [0.29, 0.717) is 30.3 Å². The predicted octanol–water partition coefficient (Wildman–Crippen LogP) is 4.03. The number of aromatic amines is 1. The van der Waals surface area contributed by atoms with Crippen LogP contribution in [0.2, 0.25) is 0 Å². The third kappa shape index (κ3) is 5.29. The molecule has 2 heterocycles. The summed E-state index contributed by atoms with van der Waals surface area (Å²) in [4.78, 5) is 17.7. The molecule has 4 rings (SSSR count). The van der Waals surface area contributed by atoms with E-state index in [1.807, 2.05) is 36.1 Å². The molecule has 0 unspecified atom stereocenters. The average Bonchev–Trinajstić information content (AvgIpc) is 3.28. The van der Waals surface area contributed by atoms with Crippen molar-refractivity contribution in [3.8, 4) is 0 Å². The minimum absolute atomic E-state index is 0.132. The number of aryl methyl sites for hydroxylation is 1. The molecule has 31 heavy (non-hydrogen) atoms. The van der Waals surface area contributed by atoms with Crippen LogP contribution in [0.5, 0.6) is 0 Å². The largest absolute Gasteiger partial charge is 0.376 e. The number of para-hydroxylation sites is 1. The number of nitrogens with one attached hydrogen (secondary N) is 2. The van der Waals surface area contributed by atoms with E-state index >= 15 is 0 Å². The number of H-pyrrole nitrogens is 1. The Morgan fingerprint density at radius 3 is 2.81 bits per heavy atom. The highest BCUT2D eigenvalue weighted by molar-refractivity contribution is 7.80. The van der Waals surface area contributed by atoms with Gasteiger partial charge in [0.1, 0.15) is 5.82 Å². The second-order valence-corrected chi connectivity index (χ2v) is 8.35. The van der Waals surface area contributed by atoms with Crippen molar-refractivity contribution in [3.63, 3.8) is 0 Å². The molecule has 2 aromatic carbocycles. The van der Waals surface area contributed by atoms with Crippen LogP contribution in [0.1, 0.15) is 29.5 Å². The molecule has 1 aliphatic rings. The molecule has 2 N–H and O–H groups in total. The van der Waals surface area contributed by atoms with Crippen LogP contribution < -0.4 is 10.9 Å². The predicted molar refractivity (Wildman–Crippen MR) is 125 cm³/mol. The topological polar surface area (TPSA) is 57.4 Å². The summed E-state index contributed by atoms with van der Waals surface area (Å²) in [5.41, 5.74) is 3.28. The molecule has 0 bridgehead atoms. The number of rotatable bonds is 6. The molecule has 0 saturated carbocycles. The molecule has 7 heteroatoms. The molecule has 1 fully saturated rings. The van der Waals surface area contributed by atoms with Crippen molar-refractivity contribution in [1.82, 2.24) is 15.2 Å². The number of benzene rings is 2. The van der Waals surface area contributed by atoms with Gasteiger partial charge < -0.3 is 19.9 Å². The van der Waals surface area contributed by atoms with Gasteiger partial charge in [0.25, 0.3) is 5.56 Å². The number of aromatic nitrogens is 1. The number of fused-ring (bicyclic) bond motifs is 1. The molecule has 3 aromatic rings. The highest BCUT2D eigenvalue weighted by Gasteiger charge is 2.18. The van der Waals surface area contributed by atoms with E-state index in [1.165, 1.54) is 12.1 Å².